The highest BCUT2D eigenvalue weighted by Crippen LogP contribution is 2.47. The van der Waals surface area contributed by atoms with Crippen molar-refractivity contribution in [3.05, 3.63) is 140 Å². The van der Waals surface area contributed by atoms with Gasteiger partial charge < -0.3 is 8.83 Å². The summed E-state index contributed by atoms with van der Waals surface area (Å²) in [6.07, 6.45) is 0. The van der Waals surface area contributed by atoms with Crippen LogP contribution in [0.2, 0.25) is 0 Å². The van der Waals surface area contributed by atoms with Crippen LogP contribution in [0.4, 0.5) is 0 Å². The molecular formula is C44H23N3O2. The van der Waals surface area contributed by atoms with Gasteiger partial charge in [-0.05, 0) is 74.8 Å². The van der Waals surface area contributed by atoms with Crippen LogP contribution in [0.15, 0.2) is 148 Å². The first-order valence-electron chi connectivity index (χ1n) is 16.5. The molecular weight excluding hydrogens is 603 g/mol. The standard InChI is InChI=1S/C44H23N3O2/c1-2-10-25-23-26(20-19-24(25)9-1)41-43(45-42-31-13-5-6-17-34(31)49-44(42)46-41)47-32-16-7-14-29-27-11-3-4-12-28(27)30-15-8-18-35-38(30)40-36(48-35)22-21-33(47)39(40)37(29)32/h1-23H. The summed E-state index contributed by atoms with van der Waals surface area (Å²) in [5, 5.41) is 12.6. The van der Waals surface area contributed by atoms with Gasteiger partial charge in [-0.25, -0.2) is 9.97 Å². The molecule has 8 aromatic carbocycles. The number of aromatic nitrogens is 3. The lowest BCUT2D eigenvalue weighted by Gasteiger charge is -2.13. The topological polar surface area (TPSA) is 57.0 Å². The van der Waals surface area contributed by atoms with Crippen LogP contribution in [0.3, 0.4) is 0 Å². The molecule has 0 fully saturated rings. The highest BCUT2D eigenvalue weighted by atomic mass is 16.3. The quantitative estimate of drug-likeness (QED) is 0.192. The molecule has 0 aliphatic heterocycles. The van der Waals surface area contributed by atoms with Crippen LogP contribution >= 0.6 is 0 Å². The van der Waals surface area contributed by atoms with Crippen molar-refractivity contribution in [1.29, 1.82) is 0 Å². The second-order valence-electron chi connectivity index (χ2n) is 12.9. The fraction of sp³-hybridized carbons (Fsp3) is 0. The molecule has 4 aromatic heterocycles. The molecule has 0 radical (unpaired) electrons. The van der Waals surface area contributed by atoms with Gasteiger partial charge >= 0.3 is 0 Å². The average Bonchev–Trinajstić information content (AvgIpc) is 3.82. The summed E-state index contributed by atoms with van der Waals surface area (Å²) in [6.45, 7) is 0. The van der Waals surface area contributed by atoms with Gasteiger partial charge in [0, 0.05) is 32.5 Å². The van der Waals surface area contributed by atoms with Gasteiger partial charge in [0.05, 0.1) is 11.0 Å². The van der Waals surface area contributed by atoms with Crippen molar-refractivity contribution in [1.82, 2.24) is 14.5 Å². The van der Waals surface area contributed by atoms with Crippen molar-refractivity contribution >= 4 is 98.3 Å². The van der Waals surface area contributed by atoms with Crippen LogP contribution in [0.25, 0.3) is 115 Å². The Kier molecular flexibility index (Phi) is 4.66. The van der Waals surface area contributed by atoms with E-state index in [1.807, 2.05) is 18.2 Å². The lowest BCUT2D eigenvalue weighted by Crippen LogP contribution is -2.03. The van der Waals surface area contributed by atoms with E-state index in [0.29, 0.717) is 5.71 Å². The Morgan fingerprint density at radius 2 is 1.10 bits per heavy atom. The molecule has 12 aromatic rings. The van der Waals surface area contributed by atoms with Crippen molar-refractivity contribution in [2.45, 2.75) is 0 Å². The maximum atomic E-state index is 6.58. The molecule has 0 atom stereocenters. The van der Waals surface area contributed by atoms with Gasteiger partial charge in [-0.3, -0.25) is 4.57 Å². The monoisotopic (exact) mass is 625 g/mol. The molecule has 0 spiro atoms. The van der Waals surface area contributed by atoms with Gasteiger partial charge in [0.2, 0.25) is 5.71 Å². The molecule has 5 heteroatoms. The Morgan fingerprint density at radius 3 is 1.98 bits per heavy atom. The molecule has 12 rings (SSSR count). The van der Waals surface area contributed by atoms with E-state index in [1.54, 1.807) is 0 Å². The summed E-state index contributed by atoms with van der Waals surface area (Å²) in [4.78, 5) is 10.8. The van der Waals surface area contributed by atoms with Gasteiger partial charge in [0.1, 0.15) is 28.0 Å². The third kappa shape index (κ3) is 3.24. The van der Waals surface area contributed by atoms with Gasteiger partial charge in [0.15, 0.2) is 5.82 Å². The predicted molar refractivity (Wildman–Crippen MR) is 200 cm³/mol. The van der Waals surface area contributed by atoms with Crippen molar-refractivity contribution in [2.24, 2.45) is 0 Å². The minimum Gasteiger partial charge on any atom is -0.456 e. The Morgan fingerprint density at radius 1 is 0.429 bits per heavy atom. The summed E-state index contributed by atoms with van der Waals surface area (Å²) in [7, 11) is 0. The van der Waals surface area contributed by atoms with E-state index >= 15 is 0 Å². The lowest BCUT2D eigenvalue weighted by molar-refractivity contribution is 0.653. The molecule has 0 saturated carbocycles. The SMILES string of the molecule is c1ccc2cc(-c3nc4oc5ccccc5c4nc3-n3c4cccc5c6ccccc6c6cccc7oc8ccc3c(c8c76)c54)ccc2c1. The zero-order valence-electron chi connectivity index (χ0n) is 25.9. The molecule has 0 unspecified atom stereocenters. The largest absolute Gasteiger partial charge is 0.456 e. The molecule has 49 heavy (non-hydrogen) atoms. The van der Waals surface area contributed by atoms with Gasteiger partial charge in [-0.2, -0.15) is 0 Å². The summed E-state index contributed by atoms with van der Waals surface area (Å²) >= 11 is 0. The first-order chi connectivity index (χ1) is 24.3. The van der Waals surface area contributed by atoms with E-state index in [1.165, 1.54) is 32.3 Å². The number of nitrogens with zero attached hydrogens (tertiary/aromatic N) is 3. The van der Waals surface area contributed by atoms with Crippen LogP contribution < -0.4 is 0 Å². The third-order valence-corrected chi connectivity index (χ3v) is 10.4. The zero-order chi connectivity index (χ0) is 31.8. The smallest absolute Gasteiger partial charge is 0.247 e. The molecule has 0 N–H and O–H groups in total. The van der Waals surface area contributed by atoms with Crippen LogP contribution in [0.5, 0.6) is 0 Å². The molecule has 0 saturated heterocycles. The maximum absolute atomic E-state index is 6.58. The molecule has 5 nitrogen and oxygen atoms in total. The molecule has 226 valence electrons. The minimum atomic E-state index is 0.522. The highest BCUT2D eigenvalue weighted by molar-refractivity contribution is 6.38. The molecule has 0 aliphatic rings. The van der Waals surface area contributed by atoms with Crippen molar-refractivity contribution in [3.63, 3.8) is 0 Å². The van der Waals surface area contributed by atoms with Crippen LogP contribution in [-0.2, 0) is 0 Å². The van der Waals surface area contributed by atoms with Crippen molar-refractivity contribution < 1.29 is 8.83 Å². The third-order valence-electron chi connectivity index (χ3n) is 10.4. The van der Waals surface area contributed by atoms with Crippen LogP contribution in [-0.4, -0.2) is 14.5 Å². The van der Waals surface area contributed by atoms with Crippen molar-refractivity contribution in [2.75, 3.05) is 0 Å². The molecule has 0 aliphatic carbocycles. The van der Waals surface area contributed by atoms with E-state index in [-0.39, 0.29) is 0 Å². The second-order valence-corrected chi connectivity index (χ2v) is 12.9. The number of rotatable bonds is 2. The summed E-state index contributed by atoms with van der Waals surface area (Å²) in [5.41, 5.74) is 7.64. The van der Waals surface area contributed by atoms with E-state index in [0.717, 1.165) is 77.3 Å². The molecule has 0 bridgehead atoms. The summed E-state index contributed by atoms with van der Waals surface area (Å²) < 4.78 is 15.2. The zero-order valence-corrected chi connectivity index (χ0v) is 25.9. The first kappa shape index (κ1) is 25.4. The summed E-state index contributed by atoms with van der Waals surface area (Å²) in [5.74, 6) is 0.756. The van der Waals surface area contributed by atoms with Crippen LogP contribution in [0, 0.1) is 0 Å². The maximum Gasteiger partial charge on any atom is 0.247 e. The Labute approximate surface area is 277 Å². The van der Waals surface area contributed by atoms with Gasteiger partial charge in [-0.15, -0.1) is 0 Å². The normalized spacial score (nSPS) is 12.5. The van der Waals surface area contributed by atoms with E-state index in [2.05, 4.69) is 126 Å². The van der Waals surface area contributed by atoms with Crippen LogP contribution in [0.1, 0.15) is 0 Å². The number of fused-ring (bicyclic) bond motifs is 7. The Balaban J connectivity index is 1.33. The number of hydrogen-bond donors (Lipinski definition) is 0. The fourth-order valence-corrected chi connectivity index (χ4v) is 8.29. The predicted octanol–water partition coefficient (Wildman–Crippen LogP) is 11.9. The highest BCUT2D eigenvalue weighted by Gasteiger charge is 2.26. The average molecular weight is 626 g/mol. The number of para-hydroxylation sites is 1. The number of hydrogen-bond acceptors (Lipinski definition) is 4. The molecule has 0 amide bonds. The Hall–Kier alpha value is -6.72. The Bertz CT molecular complexity index is 3340. The van der Waals surface area contributed by atoms with Gasteiger partial charge in [0.25, 0.3) is 0 Å². The number of furan rings is 2. The van der Waals surface area contributed by atoms with E-state index < -0.39 is 0 Å². The second kappa shape index (κ2) is 9.00. The molecule has 4 heterocycles. The first-order valence-corrected chi connectivity index (χ1v) is 16.5. The number of benzene rings is 7. The minimum absolute atomic E-state index is 0.522. The van der Waals surface area contributed by atoms with E-state index in [4.69, 9.17) is 18.8 Å². The fourth-order valence-electron chi connectivity index (χ4n) is 8.29. The van der Waals surface area contributed by atoms with Gasteiger partial charge in [-0.1, -0.05) is 97.1 Å². The van der Waals surface area contributed by atoms with E-state index in [9.17, 15) is 0 Å². The van der Waals surface area contributed by atoms with Crippen molar-refractivity contribution in [3.8, 4) is 17.1 Å². The lowest BCUT2D eigenvalue weighted by atomic mass is 9.95. The summed E-state index contributed by atoms with van der Waals surface area (Å²) in [6, 6.07) is 49.0.